The Labute approximate surface area is 182 Å². The van der Waals surface area contributed by atoms with Crippen LogP contribution in [-0.2, 0) is 16.0 Å². The largest absolute Gasteiger partial charge is 0.444 e. The van der Waals surface area contributed by atoms with Gasteiger partial charge in [-0.1, -0.05) is 13.8 Å². The molecule has 0 heterocycles. The number of alkyl carbamates (subject to hydrolysis) is 1. The number of carbonyl (C=O) groups is 2. The monoisotopic (exact) mass is 443 g/mol. The molecule has 0 radical (unpaired) electrons. The van der Waals surface area contributed by atoms with Crippen LogP contribution in [-0.4, -0.2) is 54.0 Å². The van der Waals surface area contributed by atoms with Gasteiger partial charge in [0.1, 0.15) is 17.2 Å². The second-order valence-corrected chi connectivity index (χ2v) is 9.07. The minimum Gasteiger partial charge on any atom is -0.444 e. The van der Waals surface area contributed by atoms with Crippen LogP contribution >= 0.6 is 0 Å². The summed E-state index contributed by atoms with van der Waals surface area (Å²) in [5.41, 5.74) is -0.494. The molecule has 9 heteroatoms. The molecule has 2 amide bonds. The van der Waals surface area contributed by atoms with Crippen molar-refractivity contribution in [3.8, 4) is 0 Å². The Kier molecular flexibility index (Phi) is 10.3. The van der Waals surface area contributed by atoms with E-state index >= 15 is 0 Å². The second-order valence-electron chi connectivity index (χ2n) is 9.07. The Morgan fingerprint density at radius 1 is 1.06 bits per heavy atom. The highest BCUT2D eigenvalue weighted by molar-refractivity contribution is 5.81. The lowest BCUT2D eigenvalue weighted by Crippen LogP contribution is -2.52. The molecule has 4 N–H and O–H groups in total. The van der Waals surface area contributed by atoms with Crippen LogP contribution in [0.3, 0.4) is 0 Å². The van der Waals surface area contributed by atoms with Gasteiger partial charge in [-0.15, -0.1) is 0 Å². The number of benzene rings is 1. The molecule has 0 spiro atoms. The molecule has 7 nitrogen and oxygen atoms in total. The first-order valence-electron chi connectivity index (χ1n) is 10.4. The zero-order valence-corrected chi connectivity index (χ0v) is 19.1. The van der Waals surface area contributed by atoms with Crippen molar-refractivity contribution in [1.82, 2.24) is 16.0 Å². The van der Waals surface area contributed by atoms with E-state index in [0.717, 1.165) is 18.2 Å². The Morgan fingerprint density at radius 2 is 1.65 bits per heavy atom. The number of ether oxygens (including phenoxy) is 1. The predicted molar refractivity (Wildman–Crippen MR) is 115 cm³/mol. The highest BCUT2D eigenvalue weighted by Crippen LogP contribution is 2.13. The fourth-order valence-corrected chi connectivity index (χ4v) is 2.72. The van der Waals surface area contributed by atoms with Gasteiger partial charge in [0.15, 0.2) is 0 Å². The maximum atomic E-state index is 13.6. The fraction of sp³-hybridized carbons (Fsp3) is 0.636. The van der Waals surface area contributed by atoms with Crippen LogP contribution in [0.5, 0.6) is 0 Å². The number of hydrogen-bond donors (Lipinski definition) is 4. The molecule has 0 bridgehead atoms. The zero-order chi connectivity index (χ0) is 23.8. The molecule has 1 unspecified atom stereocenters. The smallest absolute Gasteiger partial charge is 0.407 e. The SMILES string of the molecule is CC(C)CNC(=O)C(C)NC[C@@H](O)[C@H](Cc1cc(F)cc(F)c1)NC(=O)OC(C)(C)C. The van der Waals surface area contributed by atoms with Crippen molar-refractivity contribution in [2.45, 2.75) is 71.8 Å². The van der Waals surface area contributed by atoms with Gasteiger partial charge in [0.25, 0.3) is 0 Å². The summed E-state index contributed by atoms with van der Waals surface area (Å²) in [5.74, 6) is -1.43. The summed E-state index contributed by atoms with van der Waals surface area (Å²) in [6.45, 7) is 11.2. The summed E-state index contributed by atoms with van der Waals surface area (Å²) < 4.78 is 32.4. The summed E-state index contributed by atoms with van der Waals surface area (Å²) in [6, 6.07) is 1.52. The molecule has 0 aliphatic heterocycles. The Morgan fingerprint density at radius 3 is 2.16 bits per heavy atom. The number of amides is 2. The third-order valence-corrected chi connectivity index (χ3v) is 4.26. The van der Waals surface area contributed by atoms with Gasteiger partial charge in [-0.05, 0) is 57.7 Å². The lowest BCUT2D eigenvalue weighted by Gasteiger charge is -2.28. The zero-order valence-electron chi connectivity index (χ0n) is 19.1. The average Bonchev–Trinajstić information content (AvgIpc) is 2.60. The number of aliphatic hydroxyl groups is 1. The van der Waals surface area contributed by atoms with E-state index in [9.17, 15) is 23.5 Å². The molecule has 1 rings (SSSR count). The van der Waals surface area contributed by atoms with Gasteiger partial charge in [0.2, 0.25) is 5.91 Å². The molecule has 31 heavy (non-hydrogen) atoms. The van der Waals surface area contributed by atoms with Crippen LogP contribution in [0, 0.1) is 17.6 Å². The number of aliphatic hydroxyl groups excluding tert-OH is 1. The van der Waals surface area contributed by atoms with Crippen molar-refractivity contribution in [2.75, 3.05) is 13.1 Å². The molecule has 0 aliphatic rings. The quantitative estimate of drug-likeness (QED) is 0.445. The average molecular weight is 444 g/mol. The summed E-state index contributed by atoms with van der Waals surface area (Å²) in [5, 5.41) is 18.9. The maximum absolute atomic E-state index is 13.6. The third-order valence-electron chi connectivity index (χ3n) is 4.26. The molecule has 3 atom stereocenters. The molecular weight excluding hydrogens is 408 g/mol. The van der Waals surface area contributed by atoms with Crippen molar-refractivity contribution in [3.05, 3.63) is 35.4 Å². The van der Waals surface area contributed by atoms with Gasteiger partial charge in [-0.25, -0.2) is 13.6 Å². The Bertz CT molecular complexity index is 718. The van der Waals surface area contributed by atoms with Crippen LogP contribution < -0.4 is 16.0 Å². The van der Waals surface area contributed by atoms with Gasteiger partial charge in [0, 0.05) is 19.2 Å². The first-order chi connectivity index (χ1) is 14.3. The number of halogens is 2. The lowest BCUT2D eigenvalue weighted by atomic mass is 10.0. The number of carbonyl (C=O) groups excluding carboxylic acids is 2. The molecule has 0 saturated heterocycles. The minimum absolute atomic E-state index is 0.0332. The van der Waals surface area contributed by atoms with E-state index < -0.39 is 41.5 Å². The van der Waals surface area contributed by atoms with Gasteiger partial charge >= 0.3 is 6.09 Å². The van der Waals surface area contributed by atoms with E-state index in [0.29, 0.717) is 12.5 Å². The molecule has 1 aromatic rings. The van der Waals surface area contributed by atoms with Gasteiger partial charge in [-0.3, -0.25) is 4.79 Å². The van der Waals surface area contributed by atoms with E-state index in [-0.39, 0.29) is 24.4 Å². The Balaban J connectivity index is 2.83. The molecule has 1 aromatic carbocycles. The van der Waals surface area contributed by atoms with E-state index in [4.69, 9.17) is 4.74 Å². The van der Waals surface area contributed by atoms with Crippen molar-refractivity contribution < 1.29 is 28.2 Å². The van der Waals surface area contributed by atoms with Crippen LogP contribution in [0.4, 0.5) is 13.6 Å². The van der Waals surface area contributed by atoms with Gasteiger partial charge in [0.05, 0.1) is 18.2 Å². The normalized spacial score (nSPS) is 14.6. The highest BCUT2D eigenvalue weighted by Gasteiger charge is 2.26. The van der Waals surface area contributed by atoms with Crippen LogP contribution in [0.15, 0.2) is 18.2 Å². The standard InChI is InChI=1S/C22H35F2N3O4/c1-13(2)11-26-20(29)14(3)25-12-19(28)18(27-21(30)31-22(4,5)6)9-15-7-16(23)10-17(24)8-15/h7-8,10,13-14,18-19,25,28H,9,11-12H2,1-6H3,(H,26,29)(H,27,30)/t14?,18-,19+/m0/s1. The minimum atomic E-state index is -1.15. The van der Waals surface area contributed by atoms with E-state index in [2.05, 4.69) is 16.0 Å². The van der Waals surface area contributed by atoms with E-state index in [1.807, 2.05) is 13.8 Å². The first-order valence-corrected chi connectivity index (χ1v) is 10.4. The topological polar surface area (TPSA) is 99.7 Å². The maximum Gasteiger partial charge on any atom is 0.407 e. The Hall–Kier alpha value is -2.26. The third kappa shape index (κ3) is 11.1. The van der Waals surface area contributed by atoms with Gasteiger partial charge < -0.3 is 25.8 Å². The number of rotatable bonds is 10. The lowest BCUT2D eigenvalue weighted by molar-refractivity contribution is -0.123. The summed E-state index contributed by atoms with van der Waals surface area (Å²) >= 11 is 0. The van der Waals surface area contributed by atoms with Crippen molar-refractivity contribution in [1.29, 1.82) is 0 Å². The molecular formula is C22H35F2N3O4. The first kappa shape index (κ1) is 26.8. The van der Waals surface area contributed by atoms with E-state index in [1.165, 1.54) is 0 Å². The van der Waals surface area contributed by atoms with Gasteiger partial charge in [-0.2, -0.15) is 0 Å². The molecule has 0 aliphatic carbocycles. The number of hydrogen-bond acceptors (Lipinski definition) is 5. The van der Waals surface area contributed by atoms with E-state index in [1.54, 1.807) is 27.7 Å². The van der Waals surface area contributed by atoms with Crippen molar-refractivity contribution >= 4 is 12.0 Å². The second kappa shape index (κ2) is 12.0. The van der Waals surface area contributed by atoms with Crippen LogP contribution in [0.25, 0.3) is 0 Å². The predicted octanol–water partition coefficient (Wildman–Crippen LogP) is 2.51. The summed E-state index contributed by atoms with van der Waals surface area (Å²) in [4.78, 5) is 24.3. The number of nitrogens with one attached hydrogen (secondary N) is 3. The van der Waals surface area contributed by atoms with Crippen LogP contribution in [0.1, 0.15) is 47.1 Å². The molecule has 0 saturated carbocycles. The van der Waals surface area contributed by atoms with Crippen molar-refractivity contribution in [2.24, 2.45) is 5.92 Å². The van der Waals surface area contributed by atoms with Crippen molar-refractivity contribution in [3.63, 3.8) is 0 Å². The summed E-state index contributed by atoms with van der Waals surface area (Å²) in [7, 11) is 0. The molecule has 176 valence electrons. The highest BCUT2D eigenvalue weighted by atomic mass is 19.1. The molecule has 0 aromatic heterocycles. The van der Waals surface area contributed by atoms with Crippen LogP contribution in [0.2, 0.25) is 0 Å². The summed E-state index contributed by atoms with van der Waals surface area (Å²) in [6.07, 6.45) is -1.96. The fourth-order valence-electron chi connectivity index (χ4n) is 2.72. The molecule has 0 fully saturated rings.